The van der Waals surface area contributed by atoms with Crippen molar-refractivity contribution >= 4 is 23.9 Å². The third kappa shape index (κ3) is 3.74. The van der Waals surface area contributed by atoms with E-state index in [-0.39, 0.29) is 0 Å². The lowest BCUT2D eigenvalue weighted by molar-refractivity contribution is -0.168. The first-order chi connectivity index (χ1) is 7.61. The van der Waals surface area contributed by atoms with Gasteiger partial charge in [0, 0.05) is 0 Å². The van der Waals surface area contributed by atoms with E-state index in [1.54, 1.807) is 0 Å². The van der Waals surface area contributed by atoms with E-state index in [2.05, 4.69) is 0 Å². The molecule has 0 rings (SSSR count). The molecule has 0 bridgehead atoms. The summed E-state index contributed by atoms with van der Waals surface area (Å²) >= 11 is 0. The zero-order chi connectivity index (χ0) is 13.8. The third-order valence-electron chi connectivity index (χ3n) is 2.45. The van der Waals surface area contributed by atoms with Crippen molar-refractivity contribution in [2.24, 2.45) is 11.3 Å². The number of aliphatic carboxylic acids is 4. The van der Waals surface area contributed by atoms with Crippen LogP contribution in [0.25, 0.3) is 0 Å². The summed E-state index contributed by atoms with van der Waals surface area (Å²) in [5.41, 5.74) is -2.17. The van der Waals surface area contributed by atoms with E-state index in [0.717, 1.165) is 6.92 Å². The number of hydrogen-bond acceptors (Lipinski definition) is 4. The van der Waals surface area contributed by atoms with Gasteiger partial charge in [0.05, 0.1) is 24.2 Å². The van der Waals surface area contributed by atoms with E-state index >= 15 is 0 Å². The van der Waals surface area contributed by atoms with Crippen LogP contribution in [0.5, 0.6) is 0 Å². The van der Waals surface area contributed by atoms with E-state index in [9.17, 15) is 19.2 Å². The normalized spacial score (nSPS) is 15.6. The predicted octanol–water partition coefficient (Wildman–Crippen LogP) is -0.273. The van der Waals surface area contributed by atoms with Gasteiger partial charge in [-0.2, -0.15) is 0 Å². The fourth-order valence-electron chi connectivity index (χ4n) is 1.42. The summed E-state index contributed by atoms with van der Waals surface area (Å²) < 4.78 is 0. The molecule has 0 aromatic heterocycles. The lowest BCUT2D eigenvalue weighted by atomic mass is 9.73. The standard InChI is InChI=1S/C9H12O8/c1-9(8(16)17,3-6(12)13)4(7(14)15)2-5(10)11/h4H,2-3H2,1H3,(H,10,11)(H,12,13)(H,14,15)(H,16,17). The molecular weight excluding hydrogens is 236 g/mol. The van der Waals surface area contributed by atoms with Crippen LogP contribution >= 0.6 is 0 Å². The van der Waals surface area contributed by atoms with Crippen molar-refractivity contribution in [1.82, 2.24) is 0 Å². The van der Waals surface area contributed by atoms with Crippen LogP contribution in [0.15, 0.2) is 0 Å². The van der Waals surface area contributed by atoms with Crippen molar-refractivity contribution in [3.05, 3.63) is 0 Å². The molecule has 96 valence electrons. The van der Waals surface area contributed by atoms with Crippen LogP contribution in [0.1, 0.15) is 19.8 Å². The van der Waals surface area contributed by atoms with Crippen molar-refractivity contribution in [1.29, 1.82) is 0 Å². The molecule has 17 heavy (non-hydrogen) atoms. The Morgan fingerprint density at radius 1 is 1.00 bits per heavy atom. The highest BCUT2D eigenvalue weighted by Crippen LogP contribution is 2.34. The Kier molecular flexibility index (Phi) is 4.62. The van der Waals surface area contributed by atoms with Gasteiger partial charge in [0.25, 0.3) is 0 Å². The number of carbonyl (C=O) groups is 4. The number of hydrogen-bond donors (Lipinski definition) is 4. The predicted molar refractivity (Wildman–Crippen MR) is 51.4 cm³/mol. The fourth-order valence-corrected chi connectivity index (χ4v) is 1.42. The van der Waals surface area contributed by atoms with Crippen molar-refractivity contribution in [2.45, 2.75) is 19.8 Å². The topological polar surface area (TPSA) is 149 Å². The quantitative estimate of drug-likeness (QED) is 0.480. The minimum Gasteiger partial charge on any atom is -0.481 e. The molecule has 0 aliphatic heterocycles. The van der Waals surface area contributed by atoms with E-state index in [1.807, 2.05) is 0 Å². The van der Waals surface area contributed by atoms with Gasteiger partial charge in [0.2, 0.25) is 0 Å². The summed E-state index contributed by atoms with van der Waals surface area (Å²) in [4.78, 5) is 42.8. The van der Waals surface area contributed by atoms with Gasteiger partial charge in [-0.1, -0.05) is 0 Å². The van der Waals surface area contributed by atoms with Gasteiger partial charge in [0.15, 0.2) is 0 Å². The van der Waals surface area contributed by atoms with Gasteiger partial charge in [0.1, 0.15) is 0 Å². The van der Waals surface area contributed by atoms with E-state index < -0.39 is 48.1 Å². The van der Waals surface area contributed by atoms with Gasteiger partial charge in [-0.3, -0.25) is 19.2 Å². The van der Waals surface area contributed by atoms with Crippen LogP contribution in [0, 0.1) is 11.3 Å². The molecular formula is C9H12O8. The molecule has 0 aromatic rings. The van der Waals surface area contributed by atoms with Gasteiger partial charge < -0.3 is 20.4 Å². The second-order valence-electron chi connectivity index (χ2n) is 3.78. The molecule has 0 aliphatic carbocycles. The first-order valence-corrected chi connectivity index (χ1v) is 4.51. The molecule has 4 N–H and O–H groups in total. The minimum atomic E-state index is -2.17. The molecule has 2 unspecified atom stereocenters. The molecule has 8 heteroatoms. The fraction of sp³-hybridized carbons (Fsp3) is 0.556. The smallest absolute Gasteiger partial charge is 0.310 e. The SMILES string of the molecule is CC(CC(=O)O)(C(=O)O)C(CC(=O)O)C(=O)O. The molecule has 0 aliphatic rings. The Morgan fingerprint density at radius 2 is 1.47 bits per heavy atom. The van der Waals surface area contributed by atoms with Gasteiger partial charge in [-0.15, -0.1) is 0 Å². The number of rotatable bonds is 7. The second kappa shape index (κ2) is 5.28. The number of carboxylic acids is 4. The molecule has 0 heterocycles. The van der Waals surface area contributed by atoms with E-state index in [0.29, 0.717) is 0 Å². The summed E-state index contributed by atoms with van der Waals surface area (Å²) in [5.74, 6) is -8.14. The van der Waals surface area contributed by atoms with Crippen LogP contribution in [-0.2, 0) is 19.2 Å². The van der Waals surface area contributed by atoms with E-state index in [4.69, 9.17) is 20.4 Å². The molecule has 0 amide bonds. The molecule has 0 spiro atoms. The van der Waals surface area contributed by atoms with Gasteiger partial charge in [-0.05, 0) is 6.92 Å². The van der Waals surface area contributed by atoms with Crippen molar-refractivity contribution in [3.63, 3.8) is 0 Å². The molecule has 0 radical (unpaired) electrons. The van der Waals surface area contributed by atoms with E-state index in [1.165, 1.54) is 0 Å². The maximum Gasteiger partial charge on any atom is 0.310 e. The minimum absolute atomic E-state index is 0.908. The molecule has 0 saturated heterocycles. The van der Waals surface area contributed by atoms with Gasteiger partial charge in [-0.25, -0.2) is 0 Å². The van der Waals surface area contributed by atoms with Crippen LogP contribution in [0.4, 0.5) is 0 Å². The highest BCUT2D eigenvalue weighted by molar-refractivity contribution is 5.89. The Bertz CT molecular complexity index is 360. The van der Waals surface area contributed by atoms with Crippen molar-refractivity contribution < 1.29 is 39.6 Å². The average Bonchev–Trinajstić information content (AvgIpc) is 2.11. The Balaban J connectivity index is 5.36. The van der Waals surface area contributed by atoms with Crippen molar-refractivity contribution in [3.8, 4) is 0 Å². The lowest BCUT2D eigenvalue weighted by Gasteiger charge is -2.28. The van der Waals surface area contributed by atoms with Crippen LogP contribution in [-0.4, -0.2) is 44.3 Å². The summed E-state index contributed by atoms with van der Waals surface area (Å²) in [6.45, 7) is 0.908. The zero-order valence-corrected chi connectivity index (χ0v) is 8.91. The monoisotopic (exact) mass is 248 g/mol. The molecule has 0 aromatic carbocycles. The highest BCUT2D eigenvalue weighted by Gasteiger charge is 2.48. The first kappa shape index (κ1) is 14.9. The lowest BCUT2D eigenvalue weighted by Crippen LogP contribution is -2.43. The Hall–Kier alpha value is -2.12. The summed E-state index contributed by atoms with van der Waals surface area (Å²) in [6, 6.07) is 0. The van der Waals surface area contributed by atoms with Crippen LogP contribution < -0.4 is 0 Å². The van der Waals surface area contributed by atoms with Crippen molar-refractivity contribution in [2.75, 3.05) is 0 Å². The van der Waals surface area contributed by atoms with Crippen LogP contribution in [0.3, 0.4) is 0 Å². The third-order valence-corrected chi connectivity index (χ3v) is 2.45. The highest BCUT2D eigenvalue weighted by atomic mass is 16.4. The Morgan fingerprint density at radius 3 is 1.71 bits per heavy atom. The maximum absolute atomic E-state index is 11.0. The van der Waals surface area contributed by atoms with Crippen LogP contribution in [0.2, 0.25) is 0 Å². The van der Waals surface area contributed by atoms with Gasteiger partial charge >= 0.3 is 23.9 Å². The molecule has 2 atom stereocenters. The molecule has 0 saturated carbocycles. The Labute approximate surface area is 95.5 Å². The molecule has 8 nitrogen and oxygen atoms in total. The number of carboxylic acid groups (broad SMARTS) is 4. The molecule has 0 fully saturated rings. The maximum atomic E-state index is 11.0. The summed E-state index contributed by atoms with van der Waals surface area (Å²) in [5, 5.41) is 34.8. The second-order valence-corrected chi connectivity index (χ2v) is 3.78. The average molecular weight is 248 g/mol. The summed E-state index contributed by atoms with van der Waals surface area (Å²) in [7, 11) is 0. The summed E-state index contributed by atoms with van der Waals surface area (Å²) in [6.07, 6.45) is -1.92. The largest absolute Gasteiger partial charge is 0.481 e. The first-order valence-electron chi connectivity index (χ1n) is 4.51. The zero-order valence-electron chi connectivity index (χ0n) is 8.91.